The summed E-state index contributed by atoms with van der Waals surface area (Å²) in [6, 6.07) is 13.3. The third-order valence-corrected chi connectivity index (χ3v) is 6.60. The van der Waals surface area contributed by atoms with E-state index < -0.39 is 6.04 Å². The molecule has 0 fully saturated rings. The molecule has 2 aromatic heterocycles. The second kappa shape index (κ2) is 8.12. The largest absolute Gasteiger partial charge is 0.324 e. The summed E-state index contributed by atoms with van der Waals surface area (Å²) in [6.45, 7) is 9.72. The number of rotatable bonds is 4. The van der Waals surface area contributed by atoms with E-state index in [0.29, 0.717) is 10.2 Å². The number of hydrogen-bond donors (Lipinski definition) is 1. The summed E-state index contributed by atoms with van der Waals surface area (Å²) in [5, 5.41) is 3.51. The summed E-state index contributed by atoms with van der Waals surface area (Å²) in [7, 11) is 0. The van der Waals surface area contributed by atoms with Crippen LogP contribution in [0.4, 0.5) is 5.69 Å². The zero-order valence-corrected chi connectivity index (χ0v) is 19.1. The van der Waals surface area contributed by atoms with Gasteiger partial charge >= 0.3 is 0 Å². The predicted molar refractivity (Wildman–Crippen MR) is 128 cm³/mol. The number of anilines is 1. The average molecular weight is 432 g/mol. The van der Waals surface area contributed by atoms with Gasteiger partial charge in [0.05, 0.1) is 11.7 Å². The van der Waals surface area contributed by atoms with E-state index >= 15 is 0 Å². The summed E-state index contributed by atoms with van der Waals surface area (Å²) in [5.74, 6) is -0.251. The van der Waals surface area contributed by atoms with Gasteiger partial charge in [0, 0.05) is 16.1 Å². The SMILES string of the molecule is Cc1ccc(-c2c(C)sc3ncn(C(C)C(=O)Nc4ccc(C)cc4C)c(=O)c23)cc1. The summed E-state index contributed by atoms with van der Waals surface area (Å²) in [5.41, 5.74) is 5.70. The topological polar surface area (TPSA) is 64.0 Å². The van der Waals surface area contributed by atoms with E-state index in [1.807, 2.05) is 70.2 Å². The van der Waals surface area contributed by atoms with Crippen LogP contribution in [0.3, 0.4) is 0 Å². The molecule has 0 aliphatic rings. The van der Waals surface area contributed by atoms with Gasteiger partial charge < -0.3 is 5.32 Å². The van der Waals surface area contributed by atoms with Gasteiger partial charge in [-0.05, 0) is 51.8 Å². The number of carbonyl (C=O) groups excluding carboxylic acids is 1. The second-order valence-electron chi connectivity index (χ2n) is 8.02. The van der Waals surface area contributed by atoms with Gasteiger partial charge in [-0.25, -0.2) is 4.98 Å². The summed E-state index contributed by atoms with van der Waals surface area (Å²) in [6.07, 6.45) is 1.48. The van der Waals surface area contributed by atoms with Gasteiger partial charge in [-0.3, -0.25) is 14.2 Å². The molecule has 0 aliphatic heterocycles. The number of carbonyl (C=O) groups is 1. The lowest BCUT2D eigenvalue weighted by Gasteiger charge is -2.16. The molecule has 1 amide bonds. The maximum Gasteiger partial charge on any atom is 0.263 e. The molecule has 4 aromatic rings. The van der Waals surface area contributed by atoms with Crippen LogP contribution in [0.5, 0.6) is 0 Å². The number of nitrogens with zero attached hydrogens (tertiary/aromatic N) is 2. The Labute approximate surface area is 185 Å². The monoisotopic (exact) mass is 431 g/mol. The van der Waals surface area contributed by atoms with E-state index in [2.05, 4.69) is 10.3 Å². The fourth-order valence-corrected chi connectivity index (χ4v) is 4.78. The van der Waals surface area contributed by atoms with Gasteiger partial charge in [0.2, 0.25) is 5.91 Å². The van der Waals surface area contributed by atoms with Gasteiger partial charge in [-0.1, -0.05) is 47.5 Å². The molecule has 1 N–H and O–H groups in total. The van der Waals surface area contributed by atoms with E-state index in [0.717, 1.165) is 38.4 Å². The van der Waals surface area contributed by atoms with E-state index in [9.17, 15) is 9.59 Å². The van der Waals surface area contributed by atoms with Crippen molar-refractivity contribution in [2.24, 2.45) is 0 Å². The molecular weight excluding hydrogens is 406 g/mol. The van der Waals surface area contributed by atoms with Crippen molar-refractivity contribution in [3.05, 3.63) is 80.7 Å². The van der Waals surface area contributed by atoms with Crippen LogP contribution in [0.2, 0.25) is 0 Å². The van der Waals surface area contributed by atoms with E-state index in [-0.39, 0.29) is 11.5 Å². The Hall–Kier alpha value is -3.25. The fourth-order valence-electron chi connectivity index (χ4n) is 3.78. The molecule has 0 spiro atoms. The molecule has 4 rings (SSSR count). The first-order valence-corrected chi connectivity index (χ1v) is 11.0. The highest BCUT2D eigenvalue weighted by atomic mass is 32.1. The van der Waals surface area contributed by atoms with Crippen molar-refractivity contribution in [2.45, 2.75) is 40.7 Å². The maximum absolute atomic E-state index is 13.5. The zero-order valence-electron chi connectivity index (χ0n) is 18.3. The van der Waals surface area contributed by atoms with Crippen molar-refractivity contribution < 1.29 is 4.79 Å². The second-order valence-corrected chi connectivity index (χ2v) is 9.22. The summed E-state index contributed by atoms with van der Waals surface area (Å²) in [4.78, 5) is 32.6. The number of amides is 1. The first kappa shape index (κ1) is 21.0. The number of aryl methyl sites for hydroxylation is 4. The van der Waals surface area contributed by atoms with Crippen LogP contribution in [0.25, 0.3) is 21.3 Å². The molecule has 6 heteroatoms. The third kappa shape index (κ3) is 3.91. The first-order chi connectivity index (χ1) is 14.8. The van der Waals surface area contributed by atoms with Crippen LogP contribution >= 0.6 is 11.3 Å². The molecule has 158 valence electrons. The van der Waals surface area contributed by atoms with Crippen LogP contribution in [0, 0.1) is 27.7 Å². The Morgan fingerprint density at radius 3 is 2.39 bits per heavy atom. The molecule has 31 heavy (non-hydrogen) atoms. The molecular formula is C25H25N3O2S. The number of aromatic nitrogens is 2. The molecule has 1 atom stereocenters. The molecule has 1 unspecified atom stereocenters. The lowest BCUT2D eigenvalue weighted by molar-refractivity contribution is -0.118. The van der Waals surface area contributed by atoms with E-state index in [4.69, 9.17) is 0 Å². The maximum atomic E-state index is 13.5. The smallest absolute Gasteiger partial charge is 0.263 e. The molecule has 5 nitrogen and oxygen atoms in total. The number of fused-ring (bicyclic) bond motifs is 1. The Morgan fingerprint density at radius 2 is 1.71 bits per heavy atom. The van der Waals surface area contributed by atoms with Gasteiger partial charge in [-0.2, -0.15) is 0 Å². The fraction of sp³-hybridized carbons (Fsp3) is 0.240. The number of thiophene rings is 1. The number of nitrogens with one attached hydrogen (secondary N) is 1. The summed E-state index contributed by atoms with van der Waals surface area (Å²) < 4.78 is 1.42. The van der Waals surface area contributed by atoms with Crippen LogP contribution in [0.1, 0.15) is 34.5 Å². The minimum Gasteiger partial charge on any atom is -0.324 e. The van der Waals surface area contributed by atoms with Crippen molar-refractivity contribution in [1.29, 1.82) is 0 Å². The van der Waals surface area contributed by atoms with Crippen LogP contribution in [0.15, 0.2) is 53.6 Å². The quantitative estimate of drug-likeness (QED) is 0.460. The van der Waals surface area contributed by atoms with Crippen molar-refractivity contribution in [1.82, 2.24) is 9.55 Å². The molecule has 0 radical (unpaired) electrons. The first-order valence-electron chi connectivity index (χ1n) is 10.2. The number of hydrogen-bond acceptors (Lipinski definition) is 4. The van der Waals surface area contributed by atoms with Crippen LogP contribution < -0.4 is 10.9 Å². The van der Waals surface area contributed by atoms with Crippen LogP contribution in [-0.4, -0.2) is 15.5 Å². The van der Waals surface area contributed by atoms with Crippen molar-refractivity contribution in [3.8, 4) is 11.1 Å². The molecule has 0 bridgehead atoms. The Bertz CT molecular complexity index is 1350. The molecule has 0 saturated heterocycles. The van der Waals surface area contributed by atoms with Gasteiger partial charge in [0.25, 0.3) is 5.56 Å². The lowest BCUT2D eigenvalue weighted by Crippen LogP contribution is -2.31. The highest BCUT2D eigenvalue weighted by Crippen LogP contribution is 2.35. The lowest BCUT2D eigenvalue weighted by atomic mass is 10.0. The molecule has 2 heterocycles. The number of benzene rings is 2. The molecule has 0 saturated carbocycles. The van der Waals surface area contributed by atoms with Crippen molar-refractivity contribution in [3.63, 3.8) is 0 Å². The van der Waals surface area contributed by atoms with Gasteiger partial charge in [0.1, 0.15) is 10.9 Å². The van der Waals surface area contributed by atoms with E-state index in [1.165, 1.54) is 22.2 Å². The predicted octanol–water partition coefficient (Wildman–Crippen LogP) is 5.56. The van der Waals surface area contributed by atoms with Gasteiger partial charge in [-0.15, -0.1) is 11.3 Å². The Balaban J connectivity index is 1.75. The minimum atomic E-state index is -0.698. The summed E-state index contributed by atoms with van der Waals surface area (Å²) >= 11 is 1.50. The van der Waals surface area contributed by atoms with E-state index in [1.54, 1.807) is 6.92 Å². The van der Waals surface area contributed by atoms with Gasteiger partial charge in [0.15, 0.2) is 0 Å². The highest BCUT2D eigenvalue weighted by Gasteiger charge is 2.22. The van der Waals surface area contributed by atoms with Crippen molar-refractivity contribution in [2.75, 3.05) is 5.32 Å². The normalized spacial score (nSPS) is 12.2. The van der Waals surface area contributed by atoms with Crippen molar-refractivity contribution >= 4 is 33.1 Å². The Kier molecular flexibility index (Phi) is 5.50. The molecule has 0 aliphatic carbocycles. The average Bonchev–Trinajstić information content (AvgIpc) is 3.07. The zero-order chi connectivity index (χ0) is 22.3. The van der Waals surface area contributed by atoms with Crippen LogP contribution in [-0.2, 0) is 4.79 Å². The standard InChI is InChI=1S/C25H25N3O2S/c1-14-6-9-19(10-7-14)21-18(5)31-24-22(21)25(30)28(13-26-24)17(4)23(29)27-20-11-8-15(2)12-16(20)3/h6-13,17H,1-5H3,(H,27,29). The third-order valence-electron chi connectivity index (χ3n) is 5.59. The minimum absolute atomic E-state index is 0.201. The molecule has 2 aromatic carbocycles. The highest BCUT2D eigenvalue weighted by molar-refractivity contribution is 7.19. The Morgan fingerprint density at radius 1 is 1.03 bits per heavy atom.